The summed E-state index contributed by atoms with van der Waals surface area (Å²) in [7, 11) is 0. The van der Waals surface area contributed by atoms with Gasteiger partial charge < -0.3 is 0 Å². The van der Waals surface area contributed by atoms with Crippen molar-refractivity contribution < 1.29 is 27.6 Å². The fourth-order valence-electron chi connectivity index (χ4n) is 2.55. The molecule has 0 radical (unpaired) electrons. The lowest BCUT2D eigenvalue weighted by Gasteiger charge is -2.20. The third-order valence-electron chi connectivity index (χ3n) is 3.89. The third kappa shape index (κ3) is 4.57. The first-order valence-corrected chi connectivity index (χ1v) is 8.33. The van der Waals surface area contributed by atoms with Crippen LogP contribution in [0.1, 0.15) is 58.8 Å². The van der Waals surface area contributed by atoms with E-state index in [0.717, 1.165) is 32.1 Å². The second-order valence-electron chi connectivity index (χ2n) is 5.83. The number of alkyl halides is 3. The fraction of sp³-hybridized carbons (Fsp3) is 0.800. The highest BCUT2D eigenvalue weighted by molar-refractivity contribution is 8.16. The largest absolute Gasteiger partial charge is 0.451 e. The molecule has 1 heterocycles. The zero-order valence-electron chi connectivity index (χ0n) is 12.8. The molecule has 0 bridgehead atoms. The molecular weight excluding hydrogens is 317 g/mol. The van der Waals surface area contributed by atoms with Crippen LogP contribution in [0.4, 0.5) is 13.2 Å². The smallest absolute Gasteiger partial charge is 0.297 e. The molecule has 7 heteroatoms. The number of carbonyl (C=O) groups excluding carboxylic acids is 3. The summed E-state index contributed by atoms with van der Waals surface area (Å²) in [4.78, 5) is 35.1. The molecule has 2 unspecified atom stereocenters. The number of hydrogen-bond acceptors (Lipinski definition) is 4. The van der Waals surface area contributed by atoms with E-state index in [9.17, 15) is 27.6 Å². The number of halogens is 3. The van der Waals surface area contributed by atoms with Gasteiger partial charge in [-0.15, -0.1) is 0 Å². The quantitative estimate of drug-likeness (QED) is 0.494. The summed E-state index contributed by atoms with van der Waals surface area (Å²) >= 11 is 0.588. The first kappa shape index (κ1) is 19.2. The van der Waals surface area contributed by atoms with Crippen LogP contribution in [0.3, 0.4) is 0 Å². The van der Waals surface area contributed by atoms with Crippen LogP contribution in [0.15, 0.2) is 0 Å². The van der Waals surface area contributed by atoms with E-state index in [1.807, 2.05) is 0 Å². The standard InChI is InChI=1S/C15H21F3O3S/c1-3-4-5-6-7-8-9-14(2)11(19)10(13(21)22-14)12(20)15(16,17)18/h10H,3-9H2,1-2H3. The van der Waals surface area contributed by atoms with Crippen LogP contribution in [0.5, 0.6) is 0 Å². The van der Waals surface area contributed by atoms with E-state index in [1.165, 1.54) is 6.92 Å². The fourth-order valence-corrected chi connectivity index (χ4v) is 3.79. The van der Waals surface area contributed by atoms with Gasteiger partial charge in [0.15, 0.2) is 11.7 Å². The van der Waals surface area contributed by atoms with Gasteiger partial charge in [0.05, 0.1) is 4.75 Å². The Morgan fingerprint density at radius 2 is 1.68 bits per heavy atom. The molecule has 126 valence electrons. The van der Waals surface area contributed by atoms with Crippen LogP contribution in [0.25, 0.3) is 0 Å². The van der Waals surface area contributed by atoms with Gasteiger partial charge in [-0.05, 0) is 13.3 Å². The molecule has 0 N–H and O–H groups in total. The molecule has 0 aromatic rings. The highest BCUT2D eigenvalue weighted by Crippen LogP contribution is 2.45. The Bertz CT molecular complexity index is 448. The van der Waals surface area contributed by atoms with Crippen molar-refractivity contribution >= 4 is 28.4 Å². The molecule has 3 nitrogen and oxygen atoms in total. The lowest BCUT2D eigenvalue weighted by molar-refractivity contribution is -0.176. The number of unbranched alkanes of at least 4 members (excludes halogenated alkanes) is 5. The monoisotopic (exact) mass is 338 g/mol. The van der Waals surface area contributed by atoms with E-state index in [0.29, 0.717) is 24.6 Å². The predicted molar refractivity (Wildman–Crippen MR) is 78.6 cm³/mol. The summed E-state index contributed by atoms with van der Waals surface area (Å²) in [5.41, 5.74) is 0. The Hall–Kier alpha value is -0.850. The molecule has 0 amide bonds. The zero-order chi connectivity index (χ0) is 17.0. The van der Waals surface area contributed by atoms with Gasteiger partial charge >= 0.3 is 6.18 Å². The molecule has 1 rings (SSSR count). The number of rotatable bonds is 8. The van der Waals surface area contributed by atoms with Crippen LogP contribution in [-0.2, 0) is 14.4 Å². The summed E-state index contributed by atoms with van der Waals surface area (Å²) in [5, 5.41) is -0.971. The Morgan fingerprint density at radius 1 is 1.14 bits per heavy atom. The third-order valence-corrected chi connectivity index (χ3v) is 5.19. The van der Waals surface area contributed by atoms with Crippen molar-refractivity contribution in [3.8, 4) is 0 Å². The topological polar surface area (TPSA) is 51.2 Å². The van der Waals surface area contributed by atoms with Crippen LogP contribution in [0.2, 0.25) is 0 Å². The Labute approximate surface area is 132 Å². The van der Waals surface area contributed by atoms with Crippen molar-refractivity contribution in [1.82, 2.24) is 0 Å². The molecular formula is C15H21F3O3S. The summed E-state index contributed by atoms with van der Waals surface area (Å²) < 4.78 is 36.2. The molecule has 0 saturated carbocycles. The Morgan fingerprint density at radius 3 is 2.23 bits per heavy atom. The number of carbonyl (C=O) groups is 3. The normalized spacial score (nSPS) is 25.8. The summed E-state index contributed by atoms with van der Waals surface area (Å²) in [6.45, 7) is 3.56. The SMILES string of the molecule is CCCCCCCCC1(C)SC(=O)C(C(=O)C(F)(F)F)C1=O. The summed E-state index contributed by atoms with van der Waals surface area (Å²) in [5.74, 6) is -5.30. The Kier molecular flexibility index (Phi) is 6.65. The second kappa shape index (κ2) is 7.62. The zero-order valence-corrected chi connectivity index (χ0v) is 13.6. The molecule has 2 atom stereocenters. The first-order chi connectivity index (χ1) is 10.1. The molecule has 1 saturated heterocycles. The number of thioether (sulfide) groups is 1. The maximum absolute atomic E-state index is 12.5. The van der Waals surface area contributed by atoms with Crippen molar-refractivity contribution in [2.75, 3.05) is 0 Å². The maximum Gasteiger partial charge on any atom is 0.451 e. The lowest BCUT2D eigenvalue weighted by atomic mass is 9.88. The summed E-state index contributed by atoms with van der Waals surface area (Å²) in [6.07, 6.45) is 1.05. The van der Waals surface area contributed by atoms with E-state index in [1.54, 1.807) is 0 Å². The van der Waals surface area contributed by atoms with Crippen LogP contribution < -0.4 is 0 Å². The average molecular weight is 338 g/mol. The molecule has 0 aromatic heterocycles. The predicted octanol–water partition coefficient (Wildman–Crippen LogP) is 4.09. The van der Waals surface area contributed by atoms with Gasteiger partial charge in [0.25, 0.3) is 5.78 Å². The number of Topliss-reactive ketones (excluding diaryl/α,β-unsaturated/α-hetero) is 2. The lowest BCUT2D eigenvalue weighted by Crippen LogP contribution is -2.40. The Balaban J connectivity index is 2.60. The van der Waals surface area contributed by atoms with E-state index in [-0.39, 0.29) is 0 Å². The van der Waals surface area contributed by atoms with Gasteiger partial charge in [0.1, 0.15) is 0 Å². The van der Waals surface area contributed by atoms with Crippen molar-refractivity contribution in [2.24, 2.45) is 5.92 Å². The van der Waals surface area contributed by atoms with Gasteiger partial charge in [-0.2, -0.15) is 13.2 Å². The number of hydrogen-bond donors (Lipinski definition) is 0. The highest BCUT2D eigenvalue weighted by atomic mass is 32.2. The van der Waals surface area contributed by atoms with Gasteiger partial charge in [0.2, 0.25) is 5.12 Å². The van der Waals surface area contributed by atoms with Gasteiger partial charge in [-0.3, -0.25) is 14.4 Å². The molecule has 1 fully saturated rings. The van der Waals surface area contributed by atoms with Gasteiger partial charge in [-0.1, -0.05) is 57.2 Å². The van der Waals surface area contributed by atoms with Crippen molar-refractivity contribution in [3.63, 3.8) is 0 Å². The van der Waals surface area contributed by atoms with Crippen molar-refractivity contribution in [2.45, 2.75) is 69.7 Å². The van der Waals surface area contributed by atoms with E-state index < -0.39 is 33.5 Å². The molecule has 0 spiro atoms. The molecule has 1 aliphatic rings. The van der Waals surface area contributed by atoms with Crippen LogP contribution >= 0.6 is 11.8 Å². The summed E-state index contributed by atoms with van der Waals surface area (Å²) in [6, 6.07) is 0. The van der Waals surface area contributed by atoms with Gasteiger partial charge in [-0.25, -0.2) is 0 Å². The first-order valence-electron chi connectivity index (χ1n) is 7.51. The van der Waals surface area contributed by atoms with Crippen LogP contribution in [0, 0.1) is 5.92 Å². The highest BCUT2D eigenvalue weighted by Gasteiger charge is 2.59. The van der Waals surface area contributed by atoms with Crippen LogP contribution in [-0.4, -0.2) is 27.6 Å². The maximum atomic E-state index is 12.5. The molecule has 0 aliphatic carbocycles. The number of ketones is 2. The molecule has 1 aliphatic heterocycles. The minimum atomic E-state index is -5.15. The minimum absolute atomic E-state index is 0.329. The second-order valence-corrected chi connectivity index (χ2v) is 7.34. The van der Waals surface area contributed by atoms with Gasteiger partial charge in [0, 0.05) is 0 Å². The van der Waals surface area contributed by atoms with E-state index >= 15 is 0 Å². The van der Waals surface area contributed by atoms with E-state index in [4.69, 9.17) is 0 Å². The molecule has 22 heavy (non-hydrogen) atoms. The minimum Gasteiger partial charge on any atom is -0.297 e. The van der Waals surface area contributed by atoms with Crippen molar-refractivity contribution in [3.05, 3.63) is 0 Å². The van der Waals surface area contributed by atoms with E-state index in [2.05, 4.69) is 6.92 Å². The average Bonchev–Trinajstić information content (AvgIpc) is 2.63. The van der Waals surface area contributed by atoms with Crippen molar-refractivity contribution in [1.29, 1.82) is 0 Å². The molecule has 0 aromatic carbocycles.